The number of nitrogen functional groups attached to an aromatic ring is 1. The molecule has 66 valence electrons. The lowest BCUT2D eigenvalue weighted by molar-refractivity contribution is 0.415. The van der Waals surface area contributed by atoms with Gasteiger partial charge in [0.2, 0.25) is 5.75 Å². The standard InChI is InChI=1S/C7H12N4O/c1-3-9-7-5(12-2)6(8)10-4-11-7/h4H,3H2,1-2H3,(H3,8,9,10,11). The molecule has 0 saturated heterocycles. The maximum atomic E-state index is 5.55. The third-order valence-corrected chi connectivity index (χ3v) is 1.38. The molecule has 0 fully saturated rings. The second-order valence-electron chi connectivity index (χ2n) is 2.17. The summed E-state index contributed by atoms with van der Waals surface area (Å²) in [5, 5.41) is 3.01. The summed E-state index contributed by atoms with van der Waals surface area (Å²) in [5.41, 5.74) is 5.55. The Morgan fingerprint density at radius 1 is 1.58 bits per heavy atom. The Labute approximate surface area is 71.0 Å². The van der Waals surface area contributed by atoms with Crippen LogP contribution in [-0.4, -0.2) is 23.6 Å². The summed E-state index contributed by atoms with van der Waals surface area (Å²) in [7, 11) is 1.54. The number of ether oxygens (including phenoxy) is 1. The van der Waals surface area contributed by atoms with E-state index in [1.807, 2.05) is 6.92 Å². The smallest absolute Gasteiger partial charge is 0.203 e. The van der Waals surface area contributed by atoms with E-state index in [0.717, 1.165) is 6.54 Å². The highest BCUT2D eigenvalue weighted by molar-refractivity contribution is 5.61. The number of nitrogens with one attached hydrogen (secondary N) is 1. The van der Waals surface area contributed by atoms with Crippen molar-refractivity contribution in [3.63, 3.8) is 0 Å². The van der Waals surface area contributed by atoms with Crippen LogP contribution in [0.3, 0.4) is 0 Å². The van der Waals surface area contributed by atoms with Gasteiger partial charge in [0.05, 0.1) is 7.11 Å². The van der Waals surface area contributed by atoms with Crippen molar-refractivity contribution >= 4 is 11.6 Å². The van der Waals surface area contributed by atoms with E-state index < -0.39 is 0 Å². The molecule has 1 rings (SSSR count). The average Bonchev–Trinajstić information content (AvgIpc) is 2.05. The van der Waals surface area contributed by atoms with Crippen LogP contribution in [0.25, 0.3) is 0 Å². The Hall–Kier alpha value is -1.52. The van der Waals surface area contributed by atoms with Crippen molar-refractivity contribution in [2.75, 3.05) is 24.7 Å². The monoisotopic (exact) mass is 168 g/mol. The van der Waals surface area contributed by atoms with Crippen molar-refractivity contribution in [2.24, 2.45) is 0 Å². The number of methoxy groups -OCH3 is 1. The molecule has 0 atom stereocenters. The zero-order chi connectivity index (χ0) is 8.97. The second-order valence-corrected chi connectivity index (χ2v) is 2.17. The fraction of sp³-hybridized carbons (Fsp3) is 0.429. The molecule has 1 heterocycles. The zero-order valence-corrected chi connectivity index (χ0v) is 7.16. The summed E-state index contributed by atoms with van der Waals surface area (Å²) >= 11 is 0. The maximum Gasteiger partial charge on any atom is 0.203 e. The Morgan fingerprint density at radius 3 is 2.92 bits per heavy atom. The molecule has 0 radical (unpaired) electrons. The summed E-state index contributed by atoms with van der Waals surface area (Å²) < 4.78 is 5.02. The molecule has 5 nitrogen and oxygen atoms in total. The molecule has 3 N–H and O–H groups in total. The van der Waals surface area contributed by atoms with Gasteiger partial charge in [-0.05, 0) is 6.92 Å². The lowest BCUT2D eigenvalue weighted by Crippen LogP contribution is -2.05. The van der Waals surface area contributed by atoms with Gasteiger partial charge in [0.15, 0.2) is 11.6 Å². The van der Waals surface area contributed by atoms with Crippen molar-refractivity contribution < 1.29 is 4.74 Å². The van der Waals surface area contributed by atoms with Crippen LogP contribution < -0.4 is 15.8 Å². The minimum atomic E-state index is 0.350. The van der Waals surface area contributed by atoms with E-state index in [9.17, 15) is 0 Å². The van der Waals surface area contributed by atoms with E-state index in [0.29, 0.717) is 17.4 Å². The molecule has 5 heteroatoms. The van der Waals surface area contributed by atoms with Crippen molar-refractivity contribution in [3.8, 4) is 5.75 Å². The molecule has 1 aromatic heterocycles. The molecule has 0 saturated carbocycles. The molecular weight excluding hydrogens is 156 g/mol. The predicted molar refractivity (Wildman–Crippen MR) is 47.2 cm³/mol. The molecule has 0 amide bonds. The van der Waals surface area contributed by atoms with Crippen molar-refractivity contribution in [1.82, 2.24) is 9.97 Å². The first kappa shape index (κ1) is 8.58. The topological polar surface area (TPSA) is 73.1 Å². The molecular formula is C7H12N4O. The van der Waals surface area contributed by atoms with Gasteiger partial charge in [0.25, 0.3) is 0 Å². The minimum Gasteiger partial charge on any atom is -0.490 e. The van der Waals surface area contributed by atoms with E-state index in [1.54, 1.807) is 0 Å². The van der Waals surface area contributed by atoms with Gasteiger partial charge in [-0.25, -0.2) is 9.97 Å². The van der Waals surface area contributed by atoms with E-state index in [1.165, 1.54) is 13.4 Å². The first-order valence-electron chi connectivity index (χ1n) is 3.68. The number of nitrogens with two attached hydrogens (primary N) is 1. The minimum absolute atomic E-state index is 0.350. The van der Waals surface area contributed by atoms with Gasteiger partial charge in [-0.1, -0.05) is 0 Å². The molecule has 0 spiro atoms. The van der Waals surface area contributed by atoms with Crippen LogP contribution in [0.4, 0.5) is 11.6 Å². The quantitative estimate of drug-likeness (QED) is 0.687. The van der Waals surface area contributed by atoms with Crippen molar-refractivity contribution in [2.45, 2.75) is 6.92 Å². The van der Waals surface area contributed by atoms with Crippen LogP contribution in [0.5, 0.6) is 5.75 Å². The van der Waals surface area contributed by atoms with Gasteiger partial charge in [-0.3, -0.25) is 0 Å². The van der Waals surface area contributed by atoms with E-state index in [4.69, 9.17) is 10.5 Å². The number of aromatic nitrogens is 2. The summed E-state index contributed by atoms with van der Waals surface area (Å²) in [6.07, 6.45) is 1.40. The number of nitrogens with zero attached hydrogens (tertiary/aromatic N) is 2. The number of hydrogen-bond donors (Lipinski definition) is 2. The van der Waals surface area contributed by atoms with Crippen LogP contribution in [0.1, 0.15) is 6.92 Å². The maximum absolute atomic E-state index is 5.55. The number of hydrogen-bond acceptors (Lipinski definition) is 5. The number of rotatable bonds is 3. The Balaban J connectivity index is 3.00. The highest BCUT2D eigenvalue weighted by atomic mass is 16.5. The highest BCUT2D eigenvalue weighted by Crippen LogP contribution is 2.25. The van der Waals surface area contributed by atoms with Crippen LogP contribution in [-0.2, 0) is 0 Å². The summed E-state index contributed by atoms with van der Waals surface area (Å²) in [5.74, 6) is 1.48. The van der Waals surface area contributed by atoms with Gasteiger partial charge in [0.1, 0.15) is 6.33 Å². The summed E-state index contributed by atoms with van der Waals surface area (Å²) in [4.78, 5) is 7.77. The van der Waals surface area contributed by atoms with Crippen LogP contribution in [0.2, 0.25) is 0 Å². The van der Waals surface area contributed by atoms with Gasteiger partial charge >= 0.3 is 0 Å². The fourth-order valence-corrected chi connectivity index (χ4v) is 0.882. The largest absolute Gasteiger partial charge is 0.490 e. The second kappa shape index (κ2) is 3.75. The van der Waals surface area contributed by atoms with Gasteiger partial charge < -0.3 is 15.8 Å². The molecule has 12 heavy (non-hydrogen) atoms. The van der Waals surface area contributed by atoms with Crippen LogP contribution in [0.15, 0.2) is 6.33 Å². The van der Waals surface area contributed by atoms with E-state index in [-0.39, 0.29) is 0 Å². The molecule has 1 aromatic rings. The number of anilines is 2. The highest BCUT2D eigenvalue weighted by Gasteiger charge is 2.06. The van der Waals surface area contributed by atoms with Crippen molar-refractivity contribution in [1.29, 1.82) is 0 Å². The Bertz CT molecular complexity index is 264. The Kier molecular flexibility index (Phi) is 2.68. The molecule has 0 aromatic carbocycles. The zero-order valence-electron chi connectivity index (χ0n) is 7.16. The Morgan fingerprint density at radius 2 is 2.33 bits per heavy atom. The van der Waals surface area contributed by atoms with Gasteiger partial charge in [-0.2, -0.15) is 0 Å². The van der Waals surface area contributed by atoms with Crippen LogP contribution in [0, 0.1) is 0 Å². The van der Waals surface area contributed by atoms with E-state index >= 15 is 0 Å². The first-order chi connectivity index (χ1) is 5.79. The van der Waals surface area contributed by atoms with E-state index in [2.05, 4.69) is 15.3 Å². The summed E-state index contributed by atoms with van der Waals surface area (Å²) in [6.45, 7) is 2.74. The first-order valence-corrected chi connectivity index (χ1v) is 3.68. The average molecular weight is 168 g/mol. The lowest BCUT2D eigenvalue weighted by Gasteiger charge is -2.08. The molecule has 0 unspecified atom stereocenters. The SMILES string of the molecule is CCNc1ncnc(N)c1OC. The molecule has 0 aliphatic carbocycles. The van der Waals surface area contributed by atoms with Gasteiger partial charge in [-0.15, -0.1) is 0 Å². The fourth-order valence-electron chi connectivity index (χ4n) is 0.882. The third-order valence-electron chi connectivity index (χ3n) is 1.38. The third kappa shape index (κ3) is 1.55. The molecule has 0 aliphatic rings. The van der Waals surface area contributed by atoms with Crippen LogP contribution >= 0.6 is 0 Å². The normalized spacial score (nSPS) is 9.50. The van der Waals surface area contributed by atoms with Crippen molar-refractivity contribution in [3.05, 3.63) is 6.33 Å². The molecule has 0 aliphatic heterocycles. The summed E-state index contributed by atoms with van der Waals surface area (Å²) in [6, 6.07) is 0. The molecule has 0 bridgehead atoms. The lowest BCUT2D eigenvalue weighted by atomic mass is 10.4. The van der Waals surface area contributed by atoms with Gasteiger partial charge in [0, 0.05) is 6.54 Å². The predicted octanol–water partition coefficient (Wildman–Crippen LogP) is 0.499.